The molecule has 2 N–H and O–H groups in total. The fraction of sp³-hybridized carbons (Fsp3) is 0.143. The molecule has 0 unspecified atom stereocenters. The van der Waals surface area contributed by atoms with Crippen LogP contribution in [0.4, 0.5) is 20.4 Å². The van der Waals surface area contributed by atoms with Crippen molar-refractivity contribution in [1.82, 2.24) is 4.98 Å². The van der Waals surface area contributed by atoms with E-state index in [1.807, 2.05) is 6.07 Å². The van der Waals surface area contributed by atoms with E-state index in [1.54, 1.807) is 24.3 Å². The lowest BCUT2D eigenvalue weighted by molar-refractivity contribution is 0.578. The summed E-state index contributed by atoms with van der Waals surface area (Å²) in [6, 6.07) is 9.65. The fourth-order valence-corrected chi connectivity index (χ4v) is 1.65. The van der Waals surface area contributed by atoms with Gasteiger partial charge in [-0.2, -0.15) is 5.26 Å². The summed E-state index contributed by atoms with van der Waals surface area (Å²) in [4.78, 5) is 3.81. The van der Waals surface area contributed by atoms with Gasteiger partial charge < -0.3 is 10.6 Å². The minimum atomic E-state index is -0.754. The zero-order valence-electron chi connectivity index (χ0n) is 10.7. The average molecular weight is 274 g/mol. The Labute approximate surface area is 115 Å². The zero-order chi connectivity index (χ0) is 14.5. The van der Waals surface area contributed by atoms with Crippen molar-refractivity contribution in [2.75, 3.05) is 17.7 Å². The molecule has 1 aromatic heterocycles. The quantitative estimate of drug-likeness (QED) is 0.900. The SMILES string of the molecule is CNc1nc(NCc2ccc(C#N)cc2)c(F)cc1F. The van der Waals surface area contributed by atoms with Crippen LogP contribution in [-0.2, 0) is 6.54 Å². The van der Waals surface area contributed by atoms with E-state index in [4.69, 9.17) is 5.26 Å². The van der Waals surface area contributed by atoms with Gasteiger partial charge in [0.05, 0.1) is 11.6 Å². The number of rotatable bonds is 4. The van der Waals surface area contributed by atoms with E-state index in [0.717, 1.165) is 11.6 Å². The molecule has 6 heteroatoms. The van der Waals surface area contributed by atoms with Gasteiger partial charge in [-0.25, -0.2) is 13.8 Å². The summed E-state index contributed by atoms with van der Waals surface area (Å²) in [5.74, 6) is -1.54. The number of nitriles is 1. The molecule has 1 heterocycles. The molecule has 0 radical (unpaired) electrons. The van der Waals surface area contributed by atoms with Crippen LogP contribution in [-0.4, -0.2) is 12.0 Å². The first-order valence-corrected chi connectivity index (χ1v) is 5.90. The smallest absolute Gasteiger partial charge is 0.168 e. The standard InChI is InChI=1S/C14H12F2N4/c1-18-13-11(15)6-12(16)14(20-13)19-8-10-4-2-9(7-17)3-5-10/h2-6H,8H2,1H3,(H2,18,19,20). The van der Waals surface area contributed by atoms with Crippen LogP contribution in [0, 0.1) is 23.0 Å². The summed E-state index contributed by atoms with van der Waals surface area (Å²) < 4.78 is 26.8. The number of pyridine rings is 1. The number of anilines is 2. The summed E-state index contributed by atoms with van der Waals surface area (Å²) >= 11 is 0. The molecule has 0 saturated carbocycles. The summed E-state index contributed by atoms with van der Waals surface area (Å²) in [5.41, 5.74) is 1.41. The van der Waals surface area contributed by atoms with Gasteiger partial charge in [0, 0.05) is 19.7 Å². The Hall–Kier alpha value is -2.68. The van der Waals surface area contributed by atoms with E-state index in [2.05, 4.69) is 15.6 Å². The summed E-state index contributed by atoms with van der Waals surface area (Å²) in [6.45, 7) is 0.324. The summed E-state index contributed by atoms with van der Waals surface area (Å²) in [5, 5.41) is 14.0. The van der Waals surface area contributed by atoms with Crippen molar-refractivity contribution in [1.29, 1.82) is 5.26 Å². The van der Waals surface area contributed by atoms with Gasteiger partial charge in [-0.3, -0.25) is 0 Å². The highest BCUT2D eigenvalue weighted by molar-refractivity contribution is 5.47. The average Bonchev–Trinajstić information content (AvgIpc) is 2.47. The van der Waals surface area contributed by atoms with Crippen molar-refractivity contribution >= 4 is 11.6 Å². The Balaban J connectivity index is 2.12. The molecular formula is C14H12F2N4. The third kappa shape index (κ3) is 3.01. The van der Waals surface area contributed by atoms with Crippen LogP contribution in [0.3, 0.4) is 0 Å². The maximum Gasteiger partial charge on any atom is 0.168 e. The van der Waals surface area contributed by atoms with Gasteiger partial charge in [0.25, 0.3) is 0 Å². The molecule has 1 aromatic carbocycles. The van der Waals surface area contributed by atoms with Crippen molar-refractivity contribution in [2.24, 2.45) is 0 Å². The lowest BCUT2D eigenvalue weighted by atomic mass is 10.1. The molecule has 0 amide bonds. The highest BCUT2D eigenvalue weighted by atomic mass is 19.1. The van der Waals surface area contributed by atoms with E-state index >= 15 is 0 Å². The molecule has 20 heavy (non-hydrogen) atoms. The van der Waals surface area contributed by atoms with Gasteiger partial charge in [0.1, 0.15) is 0 Å². The van der Waals surface area contributed by atoms with E-state index in [9.17, 15) is 8.78 Å². The first-order valence-electron chi connectivity index (χ1n) is 5.90. The Kier molecular flexibility index (Phi) is 4.11. The van der Waals surface area contributed by atoms with E-state index < -0.39 is 11.6 Å². The number of hydrogen-bond acceptors (Lipinski definition) is 4. The first kappa shape index (κ1) is 13.7. The van der Waals surface area contributed by atoms with Crippen molar-refractivity contribution in [3.63, 3.8) is 0 Å². The Morgan fingerprint density at radius 1 is 1.15 bits per heavy atom. The summed E-state index contributed by atoms with van der Waals surface area (Å²) in [7, 11) is 1.51. The number of nitrogens with zero attached hydrogens (tertiary/aromatic N) is 2. The van der Waals surface area contributed by atoms with Gasteiger partial charge in [-0.1, -0.05) is 12.1 Å². The highest BCUT2D eigenvalue weighted by Gasteiger charge is 2.10. The molecule has 0 spiro atoms. The summed E-state index contributed by atoms with van der Waals surface area (Å²) in [6.07, 6.45) is 0. The normalized spacial score (nSPS) is 9.90. The lowest BCUT2D eigenvalue weighted by Gasteiger charge is -2.09. The fourth-order valence-electron chi connectivity index (χ4n) is 1.65. The number of halogens is 2. The van der Waals surface area contributed by atoms with E-state index in [1.165, 1.54) is 7.05 Å². The molecule has 0 aliphatic carbocycles. The van der Waals surface area contributed by atoms with Crippen molar-refractivity contribution in [2.45, 2.75) is 6.54 Å². The third-order valence-electron chi connectivity index (χ3n) is 2.71. The van der Waals surface area contributed by atoms with Gasteiger partial charge in [0.15, 0.2) is 23.3 Å². The van der Waals surface area contributed by atoms with E-state index in [-0.39, 0.29) is 11.6 Å². The van der Waals surface area contributed by atoms with E-state index in [0.29, 0.717) is 12.1 Å². The monoisotopic (exact) mass is 274 g/mol. The highest BCUT2D eigenvalue weighted by Crippen LogP contribution is 2.19. The molecule has 0 aliphatic rings. The minimum absolute atomic E-state index is 0.0197. The van der Waals surface area contributed by atoms with Gasteiger partial charge in [-0.15, -0.1) is 0 Å². The Morgan fingerprint density at radius 2 is 1.80 bits per heavy atom. The maximum absolute atomic E-state index is 13.6. The number of aromatic nitrogens is 1. The van der Waals surface area contributed by atoms with Crippen LogP contribution >= 0.6 is 0 Å². The molecule has 102 valence electrons. The predicted molar refractivity (Wildman–Crippen MR) is 72.2 cm³/mol. The third-order valence-corrected chi connectivity index (χ3v) is 2.71. The topological polar surface area (TPSA) is 60.7 Å². The number of hydrogen-bond donors (Lipinski definition) is 2. The van der Waals surface area contributed by atoms with Crippen molar-refractivity contribution < 1.29 is 8.78 Å². The van der Waals surface area contributed by atoms with Gasteiger partial charge in [0.2, 0.25) is 0 Å². The van der Waals surface area contributed by atoms with Crippen molar-refractivity contribution in [3.8, 4) is 6.07 Å². The van der Waals surface area contributed by atoms with Crippen LogP contribution in [0.2, 0.25) is 0 Å². The first-order chi connectivity index (χ1) is 9.63. The molecule has 2 rings (SSSR count). The van der Waals surface area contributed by atoms with Crippen LogP contribution in [0.1, 0.15) is 11.1 Å². The molecular weight excluding hydrogens is 262 g/mol. The molecule has 0 atom stereocenters. The second-order valence-electron chi connectivity index (χ2n) is 4.06. The second-order valence-corrected chi connectivity index (χ2v) is 4.06. The maximum atomic E-state index is 13.6. The molecule has 4 nitrogen and oxygen atoms in total. The van der Waals surface area contributed by atoms with Crippen LogP contribution in [0.5, 0.6) is 0 Å². The molecule has 0 bridgehead atoms. The largest absolute Gasteiger partial charge is 0.371 e. The van der Waals surface area contributed by atoms with Crippen LogP contribution in [0.15, 0.2) is 30.3 Å². The lowest BCUT2D eigenvalue weighted by Crippen LogP contribution is -2.07. The molecule has 0 fully saturated rings. The van der Waals surface area contributed by atoms with Crippen molar-refractivity contribution in [3.05, 3.63) is 53.1 Å². The number of nitrogens with one attached hydrogen (secondary N) is 2. The second kappa shape index (κ2) is 5.97. The number of benzene rings is 1. The van der Waals surface area contributed by atoms with Gasteiger partial charge >= 0.3 is 0 Å². The molecule has 2 aromatic rings. The zero-order valence-corrected chi connectivity index (χ0v) is 10.7. The molecule has 0 saturated heterocycles. The minimum Gasteiger partial charge on any atom is -0.371 e. The van der Waals surface area contributed by atoms with Crippen LogP contribution in [0.25, 0.3) is 0 Å². The van der Waals surface area contributed by atoms with Gasteiger partial charge in [-0.05, 0) is 17.7 Å². The van der Waals surface area contributed by atoms with Crippen LogP contribution < -0.4 is 10.6 Å². The molecule has 0 aliphatic heterocycles. The predicted octanol–water partition coefficient (Wildman–Crippen LogP) is 2.89. The Morgan fingerprint density at radius 3 is 2.40 bits per heavy atom. The Bertz CT molecular complexity index is 647.